The molecule has 1 atom stereocenters. The maximum atomic E-state index is 12.7. The molecule has 1 aromatic rings. The Morgan fingerprint density at radius 3 is 2.58 bits per heavy atom. The van der Waals surface area contributed by atoms with Gasteiger partial charge >= 0.3 is 5.97 Å². The highest BCUT2D eigenvalue weighted by Crippen LogP contribution is 2.51. The number of aromatic nitrogens is 2. The zero-order chi connectivity index (χ0) is 17.3. The number of hydrogen-bond acceptors (Lipinski definition) is 6. The van der Waals surface area contributed by atoms with Crippen LogP contribution in [0.3, 0.4) is 0 Å². The second-order valence-electron chi connectivity index (χ2n) is 7.16. The fourth-order valence-corrected chi connectivity index (χ4v) is 6.29. The largest absolute Gasteiger partial charge is 0.476 e. The number of rotatable bonds is 5. The van der Waals surface area contributed by atoms with Crippen LogP contribution in [0.25, 0.3) is 0 Å². The van der Waals surface area contributed by atoms with E-state index in [2.05, 4.69) is 5.10 Å². The first-order chi connectivity index (χ1) is 11.3. The highest BCUT2D eigenvalue weighted by Gasteiger charge is 2.60. The molecular weight excluding hydrogens is 334 g/mol. The summed E-state index contributed by atoms with van der Waals surface area (Å²) in [5, 5.41) is 23.7. The second kappa shape index (κ2) is 5.03. The van der Waals surface area contributed by atoms with Gasteiger partial charge in [0.05, 0.1) is 15.7 Å². The average Bonchev–Trinajstić information content (AvgIpc) is 3.40. The molecule has 0 radical (unpaired) electrons. The van der Waals surface area contributed by atoms with E-state index < -0.39 is 26.8 Å². The minimum atomic E-state index is -3.14. The smallest absolute Gasteiger partial charge is 0.356 e. The van der Waals surface area contributed by atoms with Crippen LogP contribution in [0.4, 0.5) is 0 Å². The monoisotopic (exact) mass is 355 g/mol. The average molecular weight is 355 g/mol. The Kier molecular flexibility index (Phi) is 3.36. The molecule has 2 fully saturated rings. The summed E-state index contributed by atoms with van der Waals surface area (Å²) in [5.41, 5.74) is 0.972. The van der Waals surface area contributed by atoms with E-state index in [1.807, 2.05) is 0 Å². The number of hydrogen-bond donors (Lipinski definition) is 2. The van der Waals surface area contributed by atoms with Gasteiger partial charge in [-0.05, 0) is 32.1 Å². The Bertz CT molecular complexity index is 807. The highest BCUT2D eigenvalue weighted by molar-refractivity contribution is 7.94. The minimum absolute atomic E-state index is 0.0297. The van der Waals surface area contributed by atoms with Gasteiger partial charge in [0.2, 0.25) is 0 Å². The molecule has 4 rings (SSSR count). The van der Waals surface area contributed by atoms with Gasteiger partial charge in [-0.2, -0.15) is 5.10 Å². The first-order valence-corrected chi connectivity index (χ1v) is 9.76. The lowest BCUT2D eigenvalue weighted by Crippen LogP contribution is -2.45. The van der Waals surface area contributed by atoms with Crippen molar-refractivity contribution in [2.75, 3.05) is 13.1 Å². The molecule has 0 saturated heterocycles. The number of fused-ring (bicyclic) bond motifs is 1. The van der Waals surface area contributed by atoms with Gasteiger partial charge in [-0.15, -0.1) is 0 Å². The van der Waals surface area contributed by atoms with Crippen LogP contribution in [0.15, 0.2) is 0 Å². The molecule has 1 aromatic heterocycles. The van der Waals surface area contributed by atoms with E-state index in [9.17, 15) is 23.4 Å². The Morgan fingerprint density at radius 1 is 1.38 bits per heavy atom. The molecule has 0 spiro atoms. The van der Waals surface area contributed by atoms with Crippen LogP contribution < -0.4 is 0 Å². The molecule has 3 aliphatic rings. The zero-order valence-corrected chi connectivity index (χ0v) is 14.3. The maximum Gasteiger partial charge on any atom is 0.356 e. The van der Waals surface area contributed by atoms with E-state index in [0.29, 0.717) is 43.6 Å². The number of carboxylic acids is 1. The highest BCUT2D eigenvalue weighted by atomic mass is 32.2. The number of aromatic carboxylic acids is 1. The summed E-state index contributed by atoms with van der Waals surface area (Å²) in [6.07, 6.45) is 2.22. The van der Waals surface area contributed by atoms with Crippen LogP contribution in [-0.4, -0.2) is 62.4 Å². The summed E-state index contributed by atoms with van der Waals surface area (Å²) in [5.74, 6) is -1.11. The summed E-state index contributed by atoms with van der Waals surface area (Å²) < 4.78 is 26.0. The van der Waals surface area contributed by atoms with Crippen molar-refractivity contribution in [1.82, 2.24) is 14.7 Å². The molecule has 2 aliphatic carbocycles. The predicted octanol–water partition coefficient (Wildman–Crippen LogP) is 0.0771. The number of sulfone groups is 1. The molecule has 2 heterocycles. The normalized spacial score (nSPS) is 26.2. The summed E-state index contributed by atoms with van der Waals surface area (Å²) in [4.78, 5) is 13.0. The fourth-order valence-electron chi connectivity index (χ4n) is 3.81. The number of carbonyl (C=O) groups is 1. The summed E-state index contributed by atoms with van der Waals surface area (Å²) in [6.45, 7) is 0.738. The lowest BCUT2D eigenvalue weighted by Gasteiger charge is -2.35. The summed E-state index contributed by atoms with van der Waals surface area (Å²) in [7, 11) is -1.54. The van der Waals surface area contributed by atoms with E-state index in [0.717, 1.165) is 12.8 Å². The van der Waals surface area contributed by atoms with E-state index in [4.69, 9.17) is 0 Å². The Hall–Kier alpha value is -1.45. The van der Waals surface area contributed by atoms with Crippen molar-refractivity contribution in [2.24, 2.45) is 7.05 Å². The van der Waals surface area contributed by atoms with Gasteiger partial charge in [-0.3, -0.25) is 9.58 Å². The van der Waals surface area contributed by atoms with Crippen molar-refractivity contribution in [2.45, 2.75) is 48.3 Å². The lowest BCUT2D eigenvalue weighted by molar-refractivity contribution is -0.0135. The number of nitrogens with zero attached hydrogens (tertiary/aromatic N) is 3. The third-order valence-corrected chi connectivity index (χ3v) is 8.59. The standard InChI is InChI=1S/C15H21N3O5S/c1-17-12-10(11(16-17)14(20)21)4-7-18(13(12)19)8-15(5-6-15)24(22,23)9-2-3-9/h9,13,19H,2-8H2,1H3,(H,20,21). The molecule has 2 saturated carbocycles. The van der Waals surface area contributed by atoms with Crippen molar-refractivity contribution < 1.29 is 23.4 Å². The SMILES string of the molecule is Cn1nc(C(=O)O)c2c1C(O)N(CC1(S(=O)(=O)C3CC3)CC1)CC2. The van der Waals surface area contributed by atoms with Crippen molar-refractivity contribution in [3.63, 3.8) is 0 Å². The first kappa shape index (κ1) is 16.0. The second-order valence-corrected chi connectivity index (χ2v) is 9.79. The van der Waals surface area contributed by atoms with Crippen molar-refractivity contribution in [3.8, 4) is 0 Å². The van der Waals surface area contributed by atoms with Crippen molar-refractivity contribution in [1.29, 1.82) is 0 Å². The minimum Gasteiger partial charge on any atom is -0.476 e. The molecule has 132 valence electrons. The van der Waals surface area contributed by atoms with E-state index in [-0.39, 0.29) is 10.9 Å². The van der Waals surface area contributed by atoms with Crippen LogP contribution in [0, 0.1) is 0 Å². The van der Waals surface area contributed by atoms with E-state index >= 15 is 0 Å². The Balaban J connectivity index is 1.60. The molecule has 24 heavy (non-hydrogen) atoms. The van der Waals surface area contributed by atoms with Gasteiger partial charge < -0.3 is 10.2 Å². The van der Waals surface area contributed by atoms with Crippen LogP contribution in [0.2, 0.25) is 0 Å². The Labute approximate surface area is 140 Å². The van der Waals surface area contributed by atoms with E-state index in [1.54, 1.807) is 11.9 Å². The van der Waals surface area contributed by atoms with Gasteiger partial charge in [0.15, 0.2) is 21.8 Å². The quantitative estimate of drug-likeness (QED) is 0.769. The van der Waals surface area contributed by atoms with Gasteiger partial charge in [0.25, 0.3) is 0 Å². The fraction of sp³-hybridized carbons (Fsp3) is 0.733. The lowest BCUT2D eigenvalue weighted by atomic mass is 10.0. The topological polar surface area (TPSA) is 113 Å². The third-order valence-electron chi connectivity index (χ3n) is 5.50. The van der Waals surface area contributed by atoms with Gasteiger partial charge in [0, 0.05) is 25.7 Å². The maximum absolute atomic E-state index is 12.7. The van der Waals surface area contributed by atoms with Gasteiger partial charge in [0.1, 0.15) is 0 Å². The van der Waals surface area contributed by atoms with Crippen molar-refractivity contribution >= 4 is 15.8 Å². The van der Waals surface area contributed by atoms with Gasteiger partial charge in [-0.25, -0.2) is 13.2 Å². The van der Waals surface area contributed by atoms with E-state index in [1.165, 1.54) is 4.68 Å². The predicted molar refractivity (Wildman–Crippen MR) is 84.3 cm³/mol. The molecule has 0 amide bonds. The third kappa shape index (κ3) is 2.21. The molecular formula is C15H21N3O5S. The number of aryl methyl sites for hydroxylation is 1. The molecule has 9 heteroatoms. The summed E-state index contributed by atoms with van der Waals surface area (Å²) in [6, 6.07) is 0. The molecule has 1 unspecified atom stereocenters. The first-order valence-electron chi connectivity index (χ1n) is 8.21. The van der Waals surface area contributed by atoms with Crippen LogP contribution in [-0.2, 0) is 23.3 Å². The summed E-state index contributed by atoms with van der Waals surface area (Å²) >= 11 is 0. The molecule has 1 aliphatic heterocycles. The van der Waals surface area contributed by atoms with Gasteiger partial charge in [-0.1, -0.05) is 0 Å². The number of aliphatic hydroxyl groups excluding tert-OH is 1. The van der Waals surface area contributed by atoms with Crippen LogP contribution in [0.1, 0.15) is 53.7 Å². The number of carboxylic acid groups (broad SMARTS) is 1. The number of aliphatic hydroxyl groups is 1. The zero-order valence-electron chi connectivity index (χ0n) is 13.5. The van der Waals surface area contributed by atoms with Crippen LogP contribution >= 0.6 is 0 Å². The molecule has 2 N–H and O–H groups in total. The molecule has 0 bridgehead atoms. The van der Waals surface area contributed by atoms with Crippen LogP contribution in [0.5, 0.6) is 0 Å². The van der Waals surface area contributed by atoms with Crippen molar-refractivity contribution in [3.05, 3.63) is 17.0 Å². The molecule has 8 nitrogen and oxygen atoms in total. The Morgan fingerprint density at radius 2 is 2.04 bits per heavy atom. The molecule has 0 aromatic carbocycles.